The summed E-state index contributed by atoms with van der Waals surface area (Å²) >= 11 is 6.61. The van der Waals surface area contributed by atoms with E-state index in [9.17, 15) is 4.79 Å². The van der Waals surface area contributed by atoms with Crippen molar-refractivity contribution in [1.29, 1.82) is 0 Å². The van der Waals surface area contributed by atoms with Crippen LogP contribution in [0.2, 0.25) is 5.02 Å². The zero-order valence-corrected chi connectivity index (χ0v) is 15.7. The summed E-state index contributed by atoms with van der Waals surface area (Å²) in [6.45, 7) is 3.89. The lowest BCUT2D eigenvalue weighted by molar-refractivity contribution is -0.118. The number of aryl methyl sites for hydroxylation is 2. The van der Waals surface area contributed by atoms with Gasteiger partial charge in [0.2, 0.25) is 5.91 Å². The van der Waals surface area contributed by atoms with Gasteiger partial charge in [0.15, 0.2) is 5.76 Å². The lowest BCUT2D eigenvalue weighted by Crippen LogP contribution is -2.15. The Labute approximate surface area is 161 Å². The second-order valence-electron chi connectivity index (χ2n) is 6.70. The fourth-order valence-electron chi connectivity index (χ4n) is 3.45. The fourth-order valence-corrected chi connectivity index (χ4v) is 3.72. The molecule has 136 valence electrons. The monoisotopic (exact) mass is 379 g/mol. The molecule has 0 fully saturated rings. The van der Waals surface area contributed by atoms with Crippen molar-refractivity contribution in [2.75, 3.05) is 0 Å². The lowest BCUT2D eigenvalue weighted by atomic mass is 9.92. The quantitative estimate of drug-likeness (QED) is 0.733. The van der Waals surface area contributed by atoms with Crippen LogP contribution in [0.25, 0.3) is 11.1 Å². The molecule has 0 radical (unpaired) electrons. The first-order valence-electron chi connectivity index (χ1n) is 8.64. The summed E-state index contributed by atoms with van der Waals surface area (Å²) in [4.78, 5) is 16.6. The number of aromatic nitrogens is 1. The minimum Gasteiger partial charge on any atom is -0.370 e. The first kappa shape index (κ1) is 17.5. The Morgan fingerprint density at radius 1 is 1.15 bits per heavy atom. The number of nitrogens with zero attached hydrogens (tertiary/aromatic N) is 2. The minimum atomic E-state index is -0.557. The van der Waals surface area contributed by atoms with E-state index in [2.05, 4.69) is 5.16 Å². The number of benzene rings is 2. The topological polar surface area (TPSA) is 81.5 Å². The largest absolute Gasteiger partial charge is 0.370 e. The molecule has 27 heavy (non-hydrogen) atoms. The Morgan fingerprint density at radius 2 is 1.89 bits per heavy atom. The average Bonchev–Trinajstić information content (AvgIpc) is 2.94. The van der Waals surface area contributed by atoms with Gasteiger partial charge < -0.3 is 10.3 Å². The molecule has 0 unspecified atom stereocenters. The number of hydrogen-bond donors (Lipinski definition) is 1. The Kier molecular flexibility index (Phi) is 4.32. The molecule has 0 aliphatic carbocycles. The van der Waals surface area contributed by atoms with Crippen LogP contribution >= 0.6 is 11.6 Å². The van der Waals surface area contributed by atoms with Gasteiger partial charge in [0.25, 0.3) is 0 Å². The summed E-state index contributed by atoms with van der Waals surface area (Å²) in [5.74, 6) is 0.0843. The number of carbonyl (C=O) groups is 1. The number of fused-ring (bicyclic) bond motifs is 3. The van der Waals surface area contributed by atoms with Crippen LogP contribution in [0.15, 0.2) is 52.0 Å². The molecule has 3 aromatic rings. The number of hydrogen-bond acceptors (Lipinski definition) is 4. The Bertz CT molecular complexity index is 1070. The van der Waals surface area contributed by atoms with Crippen LogP contribution in [-0.4, -0.2) is 16.8 Å². The molecule has 0 saturated heterocycles. The molecule has 5 nitrogen and oxygen atoms in total. The van der Waals surface area contributed by atoms with Crippen LogP contribution in [0.3, 0.4) is 0 Å². The molecule has 2 heterocycles. The normalized spacial score (nSPS) is 15.5. The molecule has 1 amide bonds. The Balaban J connectivity index is 2.04. The Hall–Kier alpha value is -2.92. The number of halogens is 1. The molecule has 0 spiro atoms. The maximum absolute atomic E-state index is 11.7. The molecule has 4 rings (SSSR count). The highest BCUT2D eigenvalue weighted by Crippen LogP contribution is 2.42. The summed E-state index contributed by atoms with van der Waals surface area (Å²) in [6.07, 6.45) is 0.0304. The second-order valence-corrected chi connectivity index (χ2v) is 7.11. The predicted molar refractivity (Wildman–Crippen MR) is 105 cm³/mol. The number of carbonyl (C=O) groups excluding carboxylic acids is 1. The molecular weight excluding hydrogens is 362 g/mol. The van der Waals surface area contributed by atoms with Crippen molar-refractivity contribution < 1.29 is 9.32 Å². The SMILES string of the molecule is Cc1ccc(C2=N[C@@H](CC(N)=O)c3onc(C)c3-c3cccc(Cl)c32)cc1. The molecular formula is C21H18ClN3O2. The number of aliphatic imine (C=N–C) groups is 1. The first-order chi connectivity index (χ1) is 13.0. The van der Waals surface area contributed by atoms with Crippen LogP contribution in [0.4, 0.5) is 0 Å². The molecule has 0 saturated carbocycles. The van der Waals surface area contributed by atoms with Crippen molar-refractivity contribution in [3.63, 3.8) is 0 Å². The fraction of sp³-hybridized carbons (Fsp3) is 0.190. The van der Waals surface area contributed by atoms with Gasteiger partial charge in [-0.3, -0.25) is 9.79 Å². The van der Waals surface area contributed by atoms with Crippen molar-refractivity contribution in [2.45, 2.75) is 26.3 Å². The molecule has 2 aromatic carbocycles. The van der Waals surface area contributed by atoms with Crippen molar-refractivity contribution >= 4 is 23.2 Å². The highest BCUT2D eigenvalue weighted by Gasteiger charge is 2.32. The molecule has 2 N–H and O–H groups in total. The molecule has 1 aliphatic heterocycles. The van der Waals surface area contributed by atoms with E-state index in [0.717, 1.165) is 33.5 Å². The van der Waals surface area contributed by atoms with E-state index in [-0.39, 0.29) is 6.42 Å². The molecule has 1 aliphatic rings. The van der Waals surface area contributed by atoms with Crippen molar-refractivity contribution in [1.82, 2.24) is 5.16 Å². The maximum Gasteiger partial charge on any atom is 0.220 e. The molecule has 0 bridgehead atoms. The highest BCUT2D eigenvalue weighted by molar-refractivity contribution is 6.36. The van der Waals surface area contributed by atoms with Crippen LogP contribution in [0.5, 0.6) is 0 Å². The third-order valence-corrected chi connectivity index (χ3v) is 5.03. The van der Waals surface area contributed by atoms with Crippen LogP contribution in [0, 0.1) is 13.8 Å². The van der Waals surface area contributed by atoms with Crippen molar-refractivity contribution in [3.8, 4) is 11.1 Å². The summed E-state index contributed by atoms with van der Waals surface area (Å²) < 4.78 is 5.57. The van der Waals surface area contributed by atoms with E-state index >= 15 is 0 Å². The number of nitrogens with two attached hydrogens (primary N) is 1. The van der Waals surface area contributed by atoms with E-state index < -0.39 is 11.9 Å². The average molecular weight is 380 g/mol. The van der Waals surface area contributed by atoms with Crippen LogP contribution in [0.1, 0.15) is 40.6 Å². The molecule has 6 heteroatoms. The van der Waals surface area contributed by atoms with Gasteiger partial charge >= 0.3 is 0 Å². The first-order valence-corrected chi connectivity index (χ1v) is 9.02. The van der Waals surface area contributed by atoms with Gasteiger partial charge in [0, 0.05) is 11.1 Å². The molecule has 1 aromatic heterocycles. The second kappa shape index (κ2) is 6.67. The van der Waals surface area contributed by atoms with Crippen molar-refractivity contribution in [3.05, 3.63) is 75.6 Å². The maximum atomic E-state index is 11.7. The number of rotatable bonds is 3. The number of primary amides is 1. The summed E-state index contributed by atoms with van der Waals surface area (Å²) in [5, 5.41) is 4.68. The van der Waals surface area contributed by atoms with E-state index in [1.807, 2.05) is 56.3 Å². The van der Waals surface area contributed by atoms with Gasteiger partial charge in [-0.25, -0.2) is 0 Å². The predicted octanol–water partition coefficient (Wildman–Crippen LogP) is 4.38. The third-order valence-electron chi connectivity index (χ3n) is 4.72. The van der Waals surface area contributed by atoms with E-state index in [1.54, 1.807) is 0 Å². The zero-order valence-electron chi connectivity index (χ0n) is 15.0. The van der Waals surface area contributed by atoms with E-state index in [1.165, 1.54) is 0 Å². The van der Waals surface area contributed by atoms with Gasteiger partial charge in [0.1, 0.15) is 6.04 Å². The summed E-state index contributed by atoms with van der Waals surface area (Å²) in [6, 6.07) is 13.2. The molecule has 1 atom stereocenters. The minimum absolute atomic E-state index is 0.0304. The van der Waals surface area contributed by atoms with Crippen LogP contribution < -0.4 is 5.73 Å². The summed E-state index contributed by atoms with van der Waals surface area (Å²) in [7, 11) is 0. The van der Waals surface area contributed by atoms with Gasteiger partial charge in [-0.1, -0.05) is 58.7 Å². The van der Waals surface area contributed by atoms with Crippen LogP contribution in [-0.2, 0) is 4.79 Å². The van der Waals surface area contributed by atoms with Crippen molar-refractivity contribution in [2.24, 2.45) is 10.7 Å². The lowest BCUT2D eigenvalue weighted by Gasteiger charge is -2.13. The third kappa shape index (κ3) is 3.04. The number of amides is 1. The summed E-state index contributed by atoms with van der Waals surface area (Å²) in [5.41, 5.74) is 11.5. The van der Waals surface area contributed by atoms with Gasteiger partial charge in [-0.15, -0.1) is 0 Å². The standard InChI is InChI=1S/C21H18ClN3O2/c1-11-6-8-13(9-7-11)20-19-14(4-3-5-15(19)22)18-12(2)25-27-21(18)16(24-20)10-17(23)26/h3-9,16H,10H2,1-2H3,(H2,23,26)/t16-/m0/s1. The smallest absolute Gasteiger partial charge is 0.220 e. The van der Waals surface area contributed by atoms with Gasteiger partial charge in [0.05, 0.1) is 28.4 Å². The Morgan fingerprint density at radius 3 is 2.59 bits per heavy atom. The highest BCUT2D eigenvalue weighted by atomic mass is 35.5. The van der Waals surface area contributed by atoms with Gasteiger partial charge in [-0.2, -0.15) is 0 Å². The van der Waals surface area contributed by atoms with E-state index in [0.29, 0.717) is 16.5 Å². The van der Waals surface area contributed by atoms with E-state index in [4.69, 9.17) is 26.9 Å². The zero-order chi connectivity index (χ0) is 19.1. The van der Waals surface area contributed by atoms with Gasteiger partial charge in [-0.05, 0) is 25.5 Å².